The van der Waals surface area contributed by atoms with E-state index < -0.39 is 18.1 Å². The predicted molar refractivity (Wildman–Crippen MR) is 80.6 cm³/mol. The highest BCUT2D eigenvalue weighted by Gasteiger charge is 2.20. The quantitative estimate of drug-likeness (QED) is 0.752. The first-order valence-electron chi connectivity index (χ1n) is 6.89. The molecule has 3 N–H and O–H groups in total. The first kappa shape index (κ1) is 15.2. The van der Waals surface area contributed by atoms with Crippen LogP contribution >= 0.6 is 0 Å². The second-order valence-corrected chi connectivity index (χ2v) is 4.89. The molecule has 0 spiro atoms. The number of rotatable bonds is 6. The number of carbonyl (C=O) groups excluding carboxylic acids is 1. The van der Waals surface area contributed by atoms with Gasteiger partial charge in [-0.1, -0.05) is 60.7 Å². The van der Waals surface area contributed by atoms with Gasteiger partial charge in [0, 0.05) is 0 Å². The fourth-order valence-electron chi connectivity index (χ4n) is 2.13. The average Bonchev–Trinajstić information content (AvgIpc) is 2.55. The minimum Gasteiger partial charge on any atom is -0.394 e. The van der Waals surface area contributed by atoms with Crippen LogP contribution < -0.4 is 5.32 Å². The molecule has 1 amide bonds. The summed E-state index contributed by atoms with van der Waals surface area (Å²) in [5.74, 6) is -0.504. The summed E-state index contributed by atoms with van der Waals surface area (Å²) < 4.78 is 0. The molecule has 0 saturated heterocycles. The van der Waals surface area contributed by atoms with E-state index in [2.05, 4.69) is 5.32 Å². The van der Waals surface area contributed by atoms with Gasteiger partial charge in [0.1, 0.15) is 0 Å². The van der Waals surface area contributed by atoms with Crippen molar-refractivity contribution in [1.82, 2.24) is 5.32 Å². The molecule has 2 rings (SSSR count). The maximum absolute atomic E-state index is 12.0. The van der Waals surface area contributed by atoms with Crippen LogP contribution in [0.2, 0.25) is 0 Å². The van der Waals surface area contributed by atoms with Crippen LogP contribution in [0.5, 0.6) is 0 Å². The maximum atomic E-state index is 12.0. The van der Waals surface area contributed by atoms with Gasteiger partial charge in [0.25, 0.3) is 5.91 Å². The molecule has 0 heterocycles. The van der Waals surface area contributed by atoms with Crippen molar-refractivity contribution in [2.45, 2.75) is 18.6 Å². The summed E-state index contributed by atoms with van der Waals surface area (Å²) in [5, 5.41) is 22.1. The molecule has 2 aromatic carbocycles. The molecule has 0 radical (unpaired) electrons. The van der Waals surface area contributed by atoms with E-state index in [4.69, 9.17) is 0 Å². The fourth-order valence-corrected chi connectivity index (χ4v) is 2.13. The summed E-state index contributed by atoms with van der Waals surface area (Å²) in [6, 6.07) is 17.9. The van der Waals surface area contributed by atoms with Gasteiger partial charge in [-0.3, -0.25) is 4.79 Å². The number of aliphatic hydroxyl groups excluding tert-OH is 2. The van der Waals surface area contributed by atoms with E-state index in [-0.39, 0.29) is 6.61 Å². The Morgan fingerprint density at radius 2 is 1.57 bits per heavy atom. The molecule has 4 nitrogen and oxygen atoms in total. The van der Waals surface area contributed by atoms with Crippen LogP contribution in [0.15, 0.2) is 60.7 Å². The number of amides is 1. The molecule has 2 aromatic rings. The van der Waals surface area contributed by atoms with Crippen LogP contribution in [0.25, 0.3) is 0 Å². The van der Waals surface area contributed by atoms with Crippen molar-refractivity contribution in [3.63, 3.8) is 0 Å². The zero-order valence-electron chi connectivity index (χ0n) is 11.6. The van der Waals surface area contributed by atoms with Crippen molar-refractivity contribution in [3.8, 4) is 0 Å². The molecule has 0 aliphatic rings. The largest absolute Gasteiger partial charge is 0.394 e. The van der Waals surface area contributed by atoms with Crippen LogP contribution in [-0.4, -0.2) is 28.8 Å². The standard InChI is InChI=1S/C17H19NO3/c19-12-15(11-13-7-3-1-4-8-13)18-17(21)16(20)14-9-5-2-6-10-14/h1-10,15-16,19-20H,11-12H2,(H,18,21)/t15-,16-/m0/s1. The summed E-state index contributed by atoms with van der Waals surface area (Å²) in [7, 11) is 0. The molecule has 0 aliphatic heterocycles. The van der Waals surface area contributed by atoms with Gasteiger partial charge in [-0.2, -0.15) is 0 Å². The molecule has 2 atom stereocenters. The predicted octanol–water partition coefficient (Wildman–Crippen LogP) is 1.44. The number of nitrogens with one attached hydrogen (secondary N) is 1. The Labute approximate surface area is 124 Å². The number of hydrogen-bond acceptors (Lipinski definition) is 3. The van der Waals surface area contributed by atoms with E-state index in [1.54, 1.807) is 24.3 Å². The van der Waals surface area contributed by atoms with Crippen molar-refractivity contribution >= 4 is 5.91 Å². The van der Waals surface area contributed by atoms with E-state index in [1.165, 1.54) is 0 Å². The summed E-state index contributed by atoms with van der Waals surface area (Å²) in [5.41, 5.74) is 1.55. The van der Waals surface area contributed by atoms with Gasteiger partial charge in [0.05, 0.1) is 12.6 Å². The Morgan fingerprint density at radius 1 is 1.00 bits per heavy atom. The number of hydrogen-bond donors (Lipinski definition) is 3. The lowest BCUT2D eigenvalue weighted by Crippen LogP contribution is -2.41. The molecule has 4 heteroatoms. The van der Waals surface area contributed by atoms with Gasteiger partial charge in [0.15, 0.2) is 6.10 Å². The second kappa shape index (κ2) is 7.57. The van der Waals surface area contributed by atoms with Gasteiger partial charge >= 0.3 is 0 Å². The van der Waals surface area contributed by atoms with E-state index >= 15 is 0 Å². The SMILES string of the molecule is O=C(N[C@H](CO)Cc1ccccc1)[C@@H](O)c1ccccc1. The third-order valence-electron chi connectivity index (χ3n) is 3.26. The Bertz CT molecular complexity index is 557. The lowest BCUT2D eigenvalue weighted by Gasteiger charge is -2.19. The van der Waals surface area contributed by atoms with Gasteiger partial charge < -0.3 is 15.5 Å². The first-order chi connectivity index (χ1) is 10.2. The average molecular weight is 285 g/mol. The van der Waals surface area contributed by atoms with Crippen molar-refractivity contribution in [2.75, 3.05) is 6.61 Å². The molecule has 0 aromatic heterocycles. The van der Waals surface area contributed by atoms with Crippen molar-refractivity contribution < 1.29 is 15.0 Å². The third kappa shape index (κ3) is 4.41. The molecule has 0 saturated carbocycles. The van der Waals surface area contributed by atoms with Gasteiger partial charge in [-0.15, -0.1) is 0 Å². The van der Waals surface area contributed by atoms with Crippen LogP contribution in [0.3, 0.4) is 0 Å². The van der Waals surface area contributed by atoms with E-state index in [0.29, 0.717) is 12.0 Å². The molecular formula is C17H19NO3. The zero-order valence-corrected chi connectivity index (χ0v) is 11.6. The summed E-state index contributed by atoms with van der Waals surface area (Å²) in [6.45, 7) is -0.178. The van der Waals surface area contributed by atoms with Crippen LogP contribution in [0.4, 0.5) is 0 Å². The summed E-state index contributed by atoms with van der Waals surface area (Å²) in [4.78, 5) is 12.0. The highest BCUT2D eigenvalue weighted by Crippen LogP contribution is 2.12. The van der Waals surface area contributed by atoms with Crippen molar-refractivity contribution in [1.29, 1.82) is 0 Å². The third-order valence-corrected chi connectivity index (χ3v) is 3.26. The summed E-state index contributed by atoms with van der Waals surface area (Å²) in [6.07, 6.45) is -0.707. The normalized spacial score (nSPS) is 13.4. The molecule has 21 heavy (non-hydrogen) atoms. The molecular weight excluding hydrogens is 266 g/mol. The molecule has 0 unspecified atom stereocenters. The Morgan fingerprint density at radius 3 is 2.14 bits per heavy atom. The second-order valence-electron chi connectivity index (χ2n) is 4.89. The van der Waals surface area contributed by atoms with Gasteiger partial charge in [-0.25, -0.2) is 0 Å². The van der Waals surface area contributed by atoms with Crippen LogP contribution in [-0.2, 0) is 11.2 Å². The number of carbonyl (C=O) groups is 1. The Balaban J connectivity index is 1.96. The van der Waals surface area contributed by atoms with E-state index in [1.807, 2.05) is 36.4 Å². The molecule has 0 fully saturated rings. The van der Waals surface area contributed by atoms with Crippen molar-refractivity contribution in [3.05, 3.63) is 71.8 Å². The topological polar surface area (TPSA) is 69.6 Å². The monoisotopic (exact) mass is 285 g/mol. The molecule has 0 aliphatic carbocycles. The lowest BCUT2D eigenvalue weighted by molar-refractivity contribution is -0.130. The molecule has 0 bridgehead atoms. The Hall–Kier alpha value is -2.17. The van der Waals surface area contributed by atoms with E-state index in [0.717, 1.165) is 5.56 Å². The van der Waals surface area contributed by atoms with Crippen molar-refractivity contribution in [2.24, 2.45) is 0 Å². The van der Waals surface area contributed by atoms with E-state index in [9.17, 15) is 15.0 Å². The maximum Gasteiger partial charge on any atom is 0.253 e. The number of benzene rings is 2. The first-order valence-corrected chi connectivity index (χ1v) is 6.89. The van der Waals surface area contributed by atoms with Crippen LogP contribution in [0.1, 0.15) is 17.2 Å². The minimum absolute atomic E-state index is 0.178. The highest BCUT2D eigenvalue weighted by molar-refractivity contribution is 5.82. The summed E-state index contributed by atoms with van der Waals surface area (Å²) >= 11 is 0. The van der Waals surface area contributed by atoms with Gasteiger partial charge in [-0.05, 0) is 17.5 Å². The highest BCUT2D eigenvalue weighted by atomic mass is 16.3. The van der Waals surface area contributed by atoms with Crippen LogP contribution in [0, 0.1) is 0 Å². The smallest absolute Gasteiger partial charge is 0.253 e. The molecule has 110 valence electrons. The Kier molecular flexibility index (Phi) is 5.49. The fraction of sp³-hybridized carbons (Fsp3) is 0.235. The van der Waals surface area contributed by atoms with Gasteiger partial charge in [0.2, 0.25) is 0 Å². The zero-order chi connectivity index (χ0) is 15.1. The lowest BCUT2D eigenvalue weighted by atomic mass is 10.0. The minimum atomic E-state index is -1.23. The number of aliphatic hydroxyl groups is 2.